The standard InChI is InChI=1S/C17H19N3O5S/c21-16(15-6-1-2-9-26(15,24)25)18-11-12-4-3-5-13(10-12)20-8-7-14(19-20)17(22)23/h3-5,7-8,10,15H,1-2,6,9,11H2,(H,18,21)(H,22,23). The number of carboxylic acids is 1. The number of carboxylic acid groups (broad SMARTS) is 1. The van der Waals surface area contributed by atoms with Gasteiger partial charge in [0.1, 0.15) is 5.25 Å². The first-order valence-electron chi connectivity index (χ1n) is 8.24. The van der Waals surface area contributed by atoms with E-state index in [1.54, 1.807) is 24.3 Å². The molecule has 2 heterocycles. The first kappa shape index (κ1) is 18.1. The van der Waals surface area contributed by atoms with Gasteiger partial charge in [0.15, 0.2) is 15.5 Å². The highest BCUT2D eigenvalue weighted by molar-refractivity contribution is 7.92. The second-order valence-corrected chi connectivity index (χ2v) is 8.49. The summed E-state index contributed by atoms with van der Waals surface area (Å²) in [5.41, 5.74) is 1.34. The van der Waals surface area contributed by atoms with Crippen LogP contribution in [-0.4, -0.2) is 46.2 Å². The highest BCUT2D eigenvalue weighted by Gasteiger charge is 2.34. The highest BCUT2D eigenvalue weighted by Crippen LogP contribution is 2.20. The van der Waals surface area contributed by atoms with Crippen LogP contribution in [0.15, 0.2) is 36.5 Å². The smallest absolute Gasteiger partial charge is 0.356 e. The van der Waals surface area contributed by atoms with Crippen LogP contribution in [0.1, 0.15) is 35.3 Å². The summed E-state index contributed by atoms with van der Waals surface area (Å²) >= 11 is 0. The molecule has 1 aromatic heterocycles. The van der Waals surface area contributed by atoms with Crippen LogP contribution in [0.5, 0.6) is 0 Å². The quantitative estimate of drug-likeness (QED) is 0.807. The molecule has 1 aromatic carbocycles. The normalized spacial score (nSPS) is 19.0. The van der Waals surface area contributed by atoms with E-state index >= 15 is 0 Å². The topological polar surface area (TPSA) is 118 Å². The van der Waals surface area contributed by atoms with Crippen molar-refractivity contribution >= 4 is 21.7 Å². The minimum Gasteiger partial charge on any atom is -0.476 e. The molecule has 1 unspecified atom stereocenters. The van der Waals surface area contributed by atoms with Crippen molar-refractivity contribution in [3.63, 3.8) is 0 Å². The van der Waals surface area contributed by atoms with Crippen molar-refractivity contribution in [2.75, 3.05) is 5.75 Å². The van der Waals surface area contributed by atoms with Gasteiger partial charge in [-0.3, -0.25) is 4.79 Å². The second-order valence-electron chi connectivity index (χ2n) is 6.19. The fourth-order valence-electron chi connectivity index (χ4n) is 2.94. The molecule has 1 saturated heterocycles. The Morgan fingerprint density at radius 3 is 2.77 bits per heavy atom. The minimum atomic E-state index is -3.37. The van der Waals surface area contributed by atoms with Crippen LogP contribution in [0.4, 0.5) is 0 Å². The Labute approximate surface area is 150 Å². The molecule has 3 rings (SSSR count). The number of benzene rings is 1. The van der Waals surface area contributed by atoms with Crippen molar-refractivity contribution < 1.29 is 23.1 Å². The highest BCUT2D eigenvalue weighted by atomic mass is 32.2. The maximum Gasteiger partial charge on any atom is 0.356 e. The zero-order valence-electron chi connectivity index (χ0n) is 14.0. The van der Waals surface area contributed by atoms with Gasteiger partial charge < -0.3 is 10.4 Å². The van der Waals surface area contributed by atoms with E-state index in [4.69, 9.17) is 5.11 Å². The molecule has 1 aliphatic rings. The number of amides is 1. The average molecular weight is 377 g/mol. The van der Waals surface area contributed by atoms with E-state index in [1.165, 1.54) is 16.9 Å². The van der Waals surface area contributed by atoms with Crippen molar-refractivity contribution in [3.05, 3.63) is 47.8 Å². The second kappa shape index (κ2) is 7.28. The summed E-state index contributed by atoms with van der Waals surface area (Å²) in [6.07, 6.45) is 3.24. The molecule has 8 nitrogen and oxygen atoms in total. The van der Waals surface area contributed by atoms with E-state index in [0.717, 1.165) is 12.0 Å². The molecule has 2 N–H and O–H groups in total. The summed E-state index contributed by atoms with van der Waals surface area (Å²) in [6, 6.07) is 8.46. The van der Waals surface area contributed by atoms with Crippen LogP contribution in [0, 0.1) is 0 Å². The molecule has 2 aromatic rings. The van der Waals surface area contributed by atoms with Crippen LogP contribution in [0.3, 0.4) is 0 Å². The van der Waals surface area contributed by atoms with Gasteiger partial charge in [0.05, 0.1) is 11.4 Å². The number of hydrogen-bond acceptors (Lipinski definition) is 5. The number of sulfone groups is 1. The van der Waals surface area contributed by atoms with Crippen molar-refractivity contribution in [1.29, 1.82) is 0 Å². The summed E-state index contributed by atoms with van der Waals surface area (Å²) in [4.78, 5) is 23.2. The van der Waals surface area contributed by atoms with Crippen molar-refractivity contribution in [2.24, 2.45) is 0 Å². The monoisotopic (exact) mass is 377 g/mol. The Hall–Kier alpha value is -2.68. The molecule has 0 aliphatic carbocycles. The van der Waals surface area contributed by atoms with Crippen LogP contribution in [0.25, 0.3) is 5.69 Å². The molecular weight excluding hydrogens is 358 g/mol. The summed E-state index contributed by atoms with van der Waals surface area (Å²) in [7, 11) is -3.37. The number of nitrogens with one attached hydrogen (secondary N) is 1. The lowest BCUT2D eigenvalue weighted by atomic mass is 10.1. The lowest BCUT2D eigenvalue weighted by Gasteiger charge is -2.21. The van der Waals surface area contributed by atoms with Gasteiger partial charge >= 0.3 is 5.97 Å². The number of nitrogens with zero attached hydrogens (tertiary/aromatic N) is 2. The molecule has 0 spiro atoms. The van der Waals surface area contributed by atoms with Gasteiger partial charge in [-0.1, -0.05) is 18.6 Å². The Kier molecular flexibility index (Phi) is 5.08. The molecule has 1 aliphatic heterocycles. The van der Waals surface area contributed by atoms with E-state index < -0.39 is 27.0 Å². The number of hydrogen-bond donors (Lipinski definition) is 2. The first-order chi connectivity index (χ1) is 12.4. The molecule has 1 atom stereocenters. The Bertz CT molecular complexity index is 935. The number of aromatic carboxylic acids is 1. The summed E-state index contributed by atoms with van der Waals surface area (Å²) < 4.78 is 25.5. The Morgan fingerprint density at radius 2 is 2.08 bits per heavy atom. The molecule has 1 fully saturated rings. The van der Waals surface area contributed by atoms with Gasteiger partial charge in [0, 0.05) is 12.7 Å². The predicted octanol–water partition coefficient (Wildman–Crippen LogP) is 1.15. The maximum atomic E-state index is 12.2. The molecule has 9 heteroatoms. The van der Waals surface area contributed by atoms with E-state index in [2.05, 4.69) is 10.4 Å². The van der Waals surface area contributed by atoms with Gasteiger partial charge in [-0.25, -0.2) is 17.9 Å². The van der Waals surface area contributed by atoms with E-state index in [0.29, 0.717) is 18.5 Å². The van der Waals surface area contributed by atoms with Gasteiger partial charge in [-0.2, -0.15) is 5.10 Å². The molecule has 1 amide bonds. The first-order valence-corrected chi connectivity index (χ1v) is 9.96. The Morgan fingerprint density at radius 1 is 1.27 bits per heavy atom. The lowest BCUT2D eigenvalue weighted by Crippen LogP contribution is -2.42. The van der Waals surface area contributed by atoms with Gasteiger partial charge in [-0.05, 0) is 36.6 Å². The van der Waals surface area contributed by atoms with Crippen molar-refractivity contribution in [2.45, 2.75) is 31.1 Å². The summed E-state index contributed by atoms with van der Waals surface area (Å²) in [5, 5.41) is 14.6. The van der Waals surface area contributed by atoms with E-state index in [-0.39, 0.29) is 18.0 Å². The van der Waals surface area contributed by atoms with Crippen LogP contribution in [-0.2, 0) is 21.2 Å². The zero-order chi connectivity index (χ0) is 18.7. The molecule has 138 valence electrons. The summed E-state index contributed by atoms with van der Waals surface area (Å²) in [6.45, 7) is 0.186. The SMILES string of the molecule is O=C(O)c1ccn(-c2cccc(CNC(=O)C3CCCCS3(=O)=O)c2)n1. The molecule has 0 bridgehead atoms. The Balaban J connectivity index is 1.69. The predicted molar refractivity (Wildman–Crippen MR) is 93.8 cm³/mol. The molecular formula is C17H19N3O5S. The van der Waals surface area contributed by atoms with Crippen molar-refractivity contribution in [3.8, 4) is 5.69 Å². The maximum absolute atomic E-state index is 12.2. The van der Waals surface area contributed by atoms with Crippen molar-refractivity contribution in [1.82, 2.24) is 15.1 Å². The number of aromatic nitrogens is 2. The number of rotatable bonds is 5. The molecule has 26 heavy (non-hydrogen) atoms. The fraction of sp³-hybridized carbons (Fsp3) is 0.353. The number of carbonyl (C=O) groups excluding carboxylic acids is 1. The van der Waals surface area contributed by atoms with Gasteiger partial charge in [0.2, 0.25) is 5.91 Å². The van der Waals surface area contributed by atoms with Crippen LogP contribution >= 0.6 is 0 Å². The number of carbonyl (C=O) groups is 2. The van der Waals surface area contributed by atoms with Gasteiger partial charge in [-0.15, -0.1) is 0 Å². The third-order valence-electron chi connectivity index (χ3n) is 4.32. The van der Waals surface area contributed by atoms with Crippen LogP contribution < -0.4 is 5.32 Å². The largest absolute Gasteiger partial charge is 0.476 e. The summed E-state index contributed by atoms with van der Waals surface area (Å²) in [5.74, 6) is -1.52. The van der Waals surface area contributed by atoms with E-state index in [1.807, 2.05) is 0 Å². The average Bonchev–Trinajstić information content (AvgIpc) is 3.10. The van der Waals surface area contributed by atoms with Crippen LogP contribution in [0.2, 0.25) is 0 Å². The third kappa shape index (κ3) is 3.93. The lowest BCUT2D eigenvalue weighted by molar-refractivity contribution is -0.121. The molecule has 0 saturated carbocycles. The fourth-order valence-corrected chi connectivity index (χ4v) is 4.77. The van der Waals surface area contributed by atoms with E-state index in [9.17, 15) is 18.0 Å². The molecule has 0 radical (unpaired) electrons. The van der Waals surface area contributed by atoms with Gasteiger partial charge in [0.25, 0.3) is 0 Å². The zero-order valence-corrected chi connectivity index (χ0v) is 14.8. The third-order valence-corrected chi connectivity index (χ3v) is 6.50. The minimum absolute atomic E-state index is 0.0613.